The molecule has 1 aromatic rings. The average molecular weight is 198 g/mol. The Bertz CT molecular complexity index is 336. The molecule has 0 spiro atoms. The number of aryl methyl sites for hydroxylation is 1. The maximum Gasteiger partial charge on any atom is 0.260 e. The van der Waals surface area contributed by atoms with E-state index >= 15 is 0 Å². The molecular formula is C9H14N2OS. The molecule has 2 N–H and O–H groups in total. The van der Waals surface area contributed by atoms with Crippen molar-refractivity contribution in [2.45, 2.75) is 33.1 Å². The van der Waals surface area contributed by atoms with Crippen molar-refractivity contribution in [3.05, 3.63) is 15.6 Å². The van der Waals surface area contributed by atoms with Crippen molar-refractivity contribution in [2.75, 3.05) is 0 Å². The molecule has 0 aliphatic heterocycles. The number of nitrogens with zero attached hydrogens (tertiary/aromatic N) is 1. The van der Waals surface area contributed by atoms with Crippen molar-refractivity contribution in [2.24, 2.45) is 5.73 Å². The first-order chi connectivity index (χ1) is 5.82. The Balaban J connectivity index is 3.17. The van der Waals surface area contributed by atoms with Gasteiger partial charge in [-0.05, 0) is 6.92 Å². The van der Waals surface area contributed by atoms with Crippen LogP contribution in [-0.2, 0) is 5.41 Å². The van der Waals surface area contributed by atoms with E-state index in [0.29, 0.717) is 4.88 Å². The zero-order chi connectivity index (χ0) is 10.2. The lowest BCUT2D eigenvalue weighted by Crippen LogP contribution is -2.10. The highest BCUT2D eigenvalue weighted by molar-refractivity contribution is 7.14. The Labute approximate surface area is 82.0 Å². The summed E-state index contributed by atoms with van der Waals surface area (Å²) in [6.45, 7) is 8.01. The predicted octanol–water partition coefficient (Wildman–Crippen LogP) is 1.85. The van der Waals surface area contributed by atoms with Crippen LogP contribution in [0.5, 0.6) is 0 Å². The molecular weight excluding hydrogens is 184 g/mol. The molecule has 72 valence electrons. The van der Waals surface area contributed by atoms with Crippen LogP contribution in [0.3, 0.4) is 0 Å². The molecule has 4 heteroatoms. The molecule has 0 saturated carbocycles. The number of amides is 1. The summed E-state index contributed by atoms with van der Waals surface area (Å²) in [6, 6.07) is 0. The van der Waals surface area contributed by atoms with E-state index in [9.17, 15) is 4.79 Å². The number of aromatic nitrogens is 1. The Kier molecular flexibility index (Phi) is 2.43. The van der Waals surface area contributed by atoms with Crippen LogP contribution >= 0.6 is 11.3 Å². The molecule has 1 amide bonds. The molecule has 0 aliphatic rings. The summed E-state index contributed by atoms with van der Waals surface area (Å²) in [5, 5.41) is 0.957. The molecule has 0 aliphatic carbocycles. The Morgan fingerprint density at radius 3 is 2.23 bits per heavy atom. The fraction of sp³-hybridized carbons (Fsp3) is 0.556. The SMILES string of the molecule is Cc1nc(C(C)(C)C)sc1C(N)=O. The molecule has 0 radical (unpaired) electrons. The van der Waals surface area contributed by atoms with Gasteiger partial charge >= 0.3 is 0 Å². The third kappa shape index (κ3) is 2.06. The average Bonchev–Trinajstić information content (AvgIpc) is 2.29. The number of hydrogen-bond donors (Lipinski definition) is 1. The van der Waals surface area contributed by atoms with Crippen LogP contribution in [0.1, 0.15) is 41.1 Å². The Morgan fingerprint density at radius 1 is 1.46 bits per heavy atom. The van der Waals surface area contributed by atoms with Gasteiger partial charge in [0, 0.05) is 5.41 Å². The lowest BCUT2D eigenvalue weighted by atomic mass is 9.98. The molecule has 0 fully saturated rings. The van der Waals surface area contributed by atoms with Gasteiger partial charge in [-0.15, -0.1) is 11.3 Å². The van der Waals surface area contributed by atoms with Gasteiger partial charge in [-0.2, -0.15) is 0 Å². The summed E-state index contributed by atoms with van der Waals surface area (Å²) in [4.78, 5) is 15.8. The van der Waals surface area contributed by atoms with E-state index < -0.39 is 0 Å². The Morgan fingerprint density at radius 2 is 2.00 bits per heavy atom. The van der Waals surface area contributed by atoms with Crippen molar-refractivity contribution in [1.82, 2.24) is 4.98 Å². The number of thiazole rings is 1. The zero-order valence-electron chi connectivity index (χ0n) is 8.34. The van der Waals surface area contributed by atoms with Gasteiger partial charge in [0.25, 0.3) is 5.91 Å². The second-order valence-electron chi connectivity index (χ2n) is 4.05. The second kappa shape index (κ2) is 3.10. The van der Waals surface area contributed by atoms with Crippen LogP contribution in [0.15, 0.2) is 0 Å². The van der Waals surface area contributed by atoms with E-state index in [4.69, 9.17) is 5.73 Å². The number of nitrogens with two attached hydrogens (primary N) is 1. The van der Waals surface area contributed by atoms with Gasteiger partial charge in [0.1, 0.15) is 4.88 Å². The highest BCUT2D eigenvalue weighted by Crippen LogP contribution is 2.28. The normalized spacial score (nSPS) is 11.7. The lowest BCUT2D eigenvalue weighted by molar-refractivity contribution is 0.100. The minimum Gasteiger partial charge on any atom is -0.365 e. The van der Waals surface area contributed by atoms with Crippen LogP contribution in [-0.4, -0.2) is 10.9 Å². The van der Waals surface area contributed by atoms with Crippen molar-refractivity contribution in [3.8, 4) is 0 Å². The summed E-state index contributed by atoms with van der Waals surface area (Å²) in [5.74, 6) is -0.384. The smallest absolute Gasteiger partial charge is 0.260 e. The maximum absolute atomic E-state index is 11.0. The first-order valence-electron chi connectivity index (χ1n) is 4.10. The monoisotopic (exact) mass is 198 g/mol. The van der Waals surface area contributed by atoms with Crippen LogP contribution in [0, 0.1) is 6.92 Å². The van der Waals surface area contributed by atoms with Gasteiger partial charge < -0.3 is 5.73 Å². The number of primary amides is 1. The quantitative estimate of drug-likeness (QED) is 0.748. The fourth-order valence-corrected chi connectivity index (χ4v) is 1.92. The highest BCUT2D eigenvalue weighted by Gasteiger charge is 2.21. The third-order valence-electron chi connectivity index (χ3n) is 1.66. The number of carbonyl (C=O) groups is 1. The minimum atomic E-state index is -0.384. The molecule has 13 heavy (non-hydrogen) atoms. The lowest BCUT2D eigenvalue weighted by Gasteiger charge is -2.13. The number of rotatable bonds is 1. The summed E-state index contributed by atoms with van der Waals surface area (Å²) < 4.78 is 0. The van der Waals surface area contributed by atoms with E-state index in [-0.39, 0.29) is 11.3 Å². The molecule has 0 saturated heterocycles. The minimum absolute atomic E-state index is 0.0108. The van der Waals surface area contributed by atoms with E-state index in [1.54, 1.807) is 0 Å². The van der Waals surface area contributed by atoms with Gasteiger partial charge in [-0.25, -0.2) is 4.98 Å². The van der Waals surface area contributed by atoms with E-state index in [2.05, 4.69) is 25.8 Å². The van der Waals surface area contributed by atoms with Crippen molar-refractivity contribution in [1.29, 1.82) is 0 Å². The topological polar surface area (TPSA) is 56.0 Å². The molecule has 0 bridgehead atoms. The van der Waals surface area contributed by atoms with E-state index in [1.807, 2.05) is 6.92 Å². The van der Waals surface area contributed by atoms with E-state index in [0.717, 1.165) is 10.7 Å². The molecule has 0 atom stereocenters. The van der Waals surface area contributed by atoms with Crippen molar-refractivity contribution >= 4 is 17.2 Å². The molecule has 1 rings (SSSR count). The van der Waals surface area contributed by atoms with Gasteiger partial charge in [0.15, 0.2) is 0 Å². The molecule has 1 aromatic heterocycles. The van der Waals surface area contributed by atoms with E-state index in [1.165, 1.54) is 11.3 Å². The van der Waals surface area contributed by atoms with Crippen LogP contribution in [0.4, 0.5) is 0 Å². The zero-order valence-corrected chi connectivity index (χ0v) is 9.16. The summed E-state index contributed by atoms with van der Waals surface area (Å²) >= 11 is 1.39. The van der Waals surface area contributed by atoms with Gasteiger partial charge in [0.05, 0.1) is 10.7 Å². The molecule has 3 nitrogen and oxygen atoms in total. The van der Waals surface area contributed by atoms with Crippen LogP contribution < -0.4 is 5.73 Å². The van der Waals surface area contributed by atoms with Crippen LogP contribution in [0.25, 0.3) is 0 Å². The standard InChI is InChI=1S/C9H14N2OS/c1-5-6(7(10)12)13-8(11-5)9(2,3)4/h1-4H3,(H2,10,12). The molecule has 0 unspecified atom stereocenters. The number of hydrogen-bond acceptors (Lipinski definition) is 3. The number of carbonyl (C=O) groups excluding carboxylic acids is 1. The van der Waals surface area contributed by atoms with Crippen molar-refractivity contribution in [3.63, 3.8) is 0 Å². The molecule has 1 heterocycles. The van der Waals surface area contributed by atoms with Gasteiger partial charge in [0.2, 0.25) is 0 Å². The fourth-order valence-electron chi connectivity index (χ4n) is 0.946. The summed E-state index contributed by atoms with van der Waals surface area (Å²) in [6.07, 6.45) is 0. The van der Waals surface area contributed by atoms with Crippen LogP contribution in [0.2, 0.25) is 0 Å². The summed E-state index contributed by atoms with van der Waals surface area (Å²) in [7, 11) is 0. The summed E-state index contributed by atoms with van der Waals surface area (Å²) in [5.41, 5.74) is 5.93. The largest absolute Gasteiger partial charge is 0.365 e. The Hall–Kier alpha value is -0.900. The predicted molar refractivity (Wildman–Crippen MR) is 54.1 cm³/mol. The highest BCUT2D eigenvalue weighted by atomic mass is 32.1. The van der Waals surface area contributed by atoms with Gasteiger partial charge in [-0.3, -0.25) is 4.79 Å². The first kappa shape index (κ1) is 10.2. The molecule has 0 aromatic carbocycles. The van der Waals surface area contributed by atoms with Gasteiger partial charge in [-0.1, -0.05) is 20.8 Å². The first-order valence-corrected chi connectivity index (χ1v) is 4.91. The second-order valence-corrected chi connectivity index (χ2v) is 5.05. The van der Waals surface area contributed by atoms with Crippen molar-refractivity contribution < 1.29 is 4.79 Å². The third-order valence-corrected chi connectivity index (χ3v) is 3.26. The maximum atomic E-state index is 11.0.